The van der Waals surface area contributed by atoms with Gasteiger partial charge in [0.15, 0.2) is 0 Å². The summed E-state index contributed by atoms with van der Waals surface area (Å²) in [7, 11) is 0. The van der Waals surface area contributed by atoms with Crippen molar-refractivity contribution in [3.8, 4) is 11.1 Å². The molecule has 0 spiro atoms. The number of aliphatic hydroxyl groups is 1. The fourth-order valence-electron chi connectivity index (χ4n) is 4.42. The molecular weight excluding hydrogens is 448 g/mol. The Morgan fingerprint density at radius 1 is 0.886 bits per heavy atom. The maximum atomic E-state index is 13.2. The number of carbonyl (C=O) groups is 3. The third-order valence-corrected chi connectivity index (χ3v) is 5.99. The lowest BCUT2D eigenvalue weighted by Crippen LogP contribution is -2.46. The van der Waals surface area contributed by atoms with Crippen LogP contribution in [0.15, 0.2) is 78.9 Å². The van der Waals surface area contributed by atoms with E-state index in [9.17, 15) is 24.6 Å². The number of hydrogen-bond acceptors (Lipinski definition) is 5. The first-order chi connectivity index (χ1) is 17.0. The van der Waals surface area contributed by atoms with Crippen LogP contribution in [-0.2, 0) is 14.3 Å². The molecule has 0 bridgehead atoms. The van der Waals surface area contributed by atoms with Gasteiger partial charge in [0.05, 0.1) is 6.61 Å². The van der Waals surface area contributed by atoms with Crippen molar-refractivity contribution in [3.63, 3.8) is 0 Å². The Hall–Kier alpha value is -4.17. The van der Waals surface area contributed by atoms with E-state index in [1.165, 1.54) is 0 Å². The van der Waals surface area contributed by atoms with E-state index in [2.05, 4.69) is 5.32 Å². The Balaban J connectivity index is 1.51. The fraction of sp³-hybridized carbons (Fsp3) is 0.222. The zero-order valence-corrected chi connectivity index (χ0v) is 19.0. The summed E-state index contributed by atoms with van der Waals surface area (Å²) in [5.41, 5.74) is 4.80. The van der Waals surface area contributed by atoms with Gasteiger partial charge in [0, 0.05) is 12.5 Å². The van der Waals surface area contributed by atoms with Crippen molar-refractivity contribution in [1.29, 1.82) is 0 Å². The van der Waals surface area contributed by atoms with Crippen LogP contribution in [0.1, 0.15) is 28.7 Å². The molecule has 4 rings (SSSR count). The first-order valence-electron chi connectivity index (χ1n) is 11.3. The SMILES string of the molecule is O=C(O)CN(CCO)C(=O)[C@H](NC(=O)OCC1c2ccccc2-c2ccccc21)c1ccccc1. The summed E-state index contributed by atoms with van der Waals surface area (Å²) >= 11 is 0. The molecule has 0 fully saturated rings. The lowest BCUT2D eigenvalue weighted by Gasteiger charge is -2.26. The molecule has 0 radical (unpaired) electrons. The number of aliphatic hydroxyl groups excluding tert-OH is 1. The lowest BCUT2D eigenvalue weighted by atomic mass is 9.98. The molecule has 3 aromatic carbocycles. The number of nitrogens with zero attached hydrogens (tertiary/aromatic N) is 1. The number of fused-ring (bicyclic) bond motifs is 3. The first kappa shape index (κ1) is 24.0. The molecule has 1 atom stereocenters. The smallest absolute Gasteiger partial charge is 0.408 e. The molecule has 0 unspecified atom stereocenters. The van der Waals surface area contributed by atoms with Crippen LogP contribution in [0.2, 0.25) is 0 Å². The molecule has 8 nitrogen and oxygen atoms in total. The van der Waals surface area contributed by atoms with Crippen LogP contribution in [0.4, 0.5) is 4.79 Å². The van der Waals surface area contributed by atoms with Crippen LogP contribution in [-0.4, -0.2) is 59.4 Å². The zero-order valence-electron chi connectivity index (χ0n) is 19.0. The van der Waals surface area contributed by atoms with Gasteiger partial charge in [-0.05, 0) is 27.8 Å². The van der Waals surface area contributed by atoms with Crippen LogP contribution in [0.3, 0.4) is 0 Å². The average Bonchev–Trinajstić information content (AvgIpc) is 3.19. The second-order valence-electron chi connectivity index (χ2n) is 8.19. The topological polar surface area (TPSA) is 116 Å². The van der Waals surface area contributed by atoms with Crippen LogP contribution < -0.4 is 5.32 Å². The highest BCUT2D eigenvalue weighted by atomic mass is 16.5. The van der Waals surface area contributed by atoms with Crippen molar-refractivity contribution < 1.29 is 29.3 Å². The molecule has 0 saturated heterocycles. The second-order valence-corrected chi connectivity index (χ2v) is 8.19. The van der Waals surface area contributed by atoms with Gasteiger partial charge < -0.3 is 25.2 Å². The molecular formula is C27H26N2O6. The van der Waals surface area contributed by atoms with Gasteiger partial charge in [-0.25, -0.2) is 4.79 Å². The number of carboxylic acids is 1. The van der Waals surface area contributed by atoms with Crippen molar-refractivity contribution >= 4 is 18.0 Å². The van der Waals surface area contributed by atoms with E-state index in [-0.39, 0.29) is 19.1 Å². The largest absolute Gasteiger partial charge is 0.480 e. The van der Waals surface area contributed by atoms with Gasteiger partial charge in [-0.15, -0.1) is 0 Å². The van der Waals surface area contributed by atoms with Crippen LogP contribution in [0.25, 0.3) is 11.1 Å². The number of alkyl carbamates (subject to hydrolysis) is 1. The summed E-state index contributed by atoms with van der Waals surface area (Å²) in [5, 5.41) is 21.1. The molecule has 0 aliphatic heterocycles. The minimum atomic E-state index is -1.22. The molecule has 35 heavy (non-hydrogen) atoms. The molecule has 180 valence electrons. The number of rotatable bonds is 9. The zero-order chi connectivity index (χ0) is 24.8. The van der Waals surface area contributed by atoms with E-state index in [0.29, 0.717) is 5.56 Å². The Labute approximate surface area is 202 Å². The molecule has 2 amide bonds. The molecule has 8 heteroatoms. The summed E-state index contributed by atoms with van der Waals surface area (Å²) in [6.45, 7) is -1.12. The average molecular weight is 475 g/mol. The molecule has 1 aliphatic carbocycles. The van der Waals surface area contributed by atoms with E-state index in [0.717, 1.165) is 27.2 Å². The Bertz CT molecular complexity index is 1170. The minimum Gasteiger partial charge on any atom is -0.480 e. The maximum absolute atomic E-state index is 13.2. The Kier molecular flexibility index (Phi) is 7.42. The maximum Gasteiger partial charge on any atom is 0.408 e. The van der Waals surface area contributed by atoms with Crippen molar-refractivity contribution in [2.75, 3.05) is 26.3 Å². The minimum absolute atomic E-state index is 0.0744. The van der Waals surface area contributed by atoms with Crippen molar-refractivity contribution in [2.45, 2.75) is 12.0 Å². The number of amides is 2. The molecule has 0 saturated carbocycles. The highest BCUT2D eigenvalue weighted by Crippen LogP contribution is 2.44. The molecule has 1 aliphatic rings. The van der Waals surface area contributed by atoms with Crippen molar-refractivity contribution in [3.05, 3.63) is 95.6 Å². The highest BCUT2D eigenvalue weighted by molar-refractivity contribution is 5.89. The standard InChI is InChI=1S/C27H26N2O6/c30-15-14-29(16-24(31)32)26(33)25(18-8-2-1-3-9-18)28-27(34)35-17-23-21-12-6-4-10-19(21)20-11-5-7-13-22(20)23/h1-13,23,25,30H,14-17H2,(H,28,34)(H,31,32)/t25-/m1/s1. The molecule has 0 heterocycles. The summed E-state index contributed by atoms with van der Waals surface area (Å²) in [6, 6.07) is 23.3. The van der Waals surface area contributed by atoms with E-state index in [1.54, 1.807) is 30.3 Å². The highest BCUT2D eigenvalue weighted by Gasteiger charge is 2.31. The van der Waals surface area contributed by atoms with Crippen LogP contribution in [0, 0.1) is 0 Å². The summed E-state index contributed by atoms with van der Waals surface area (Å²) in [4.78, 5) is 38.2. The van der Waals surface area contributed by atoms with Gasteiger partial charge in [-0.1, -0.05) is 78.9 Å². The predicted molar refractivity (Wildman–Crippen MR) is 129 cm³/mol. The Morgan fingerprint density at radius 3 is 2.03 bits per heavy atom. The van der Waals surface area contributed by atoms with Gasteiger partial charge in [-0.2, -0.15) is 0 Å². The van der Waals surface area contributed by atoms with E-state index >= 15 is 0 Å². The van der Waals surface area contributed by atoms with Crippen LogP contribution in [0.5, 0.6) is 0 Å². The normalized spacial score (nSPS) is 12.8. The van der Waals surface area contributed by atoms with Gasteiger partial charge >= 0.3 is 12.1 Å². The number of carbonyl (C=O) groups excluding carboxylic acids is 2. The summed E-state index contributed by atoms with van der Waals surface area (Å²) in [6.07, 6.45) is -0.798. The van der Waals surface area contributed by atoms with E-state index in [1.807, 2.05) is 48.5 Å². The van der Waals surface area contributed by atoms with Crippen molar-refractivity contribution in [1.82, 2.24) is 10.2 Å². The van der Waals surface area contributed by atoms with Gasteiger partial charge in [-0.3, -0.25) is 9.59 Å². The van der Waals surface area contributed by atoms with Crippen LogP contribution >= 0.6 is 0 Å². The molecule has 3 N–H and O–H groups in total. The number of nitrogens with one attached hydrogen (secondary N) is 1. The second kappa shape index (κ2) is 10.8. The van der Waals surface area contributed by atoms with E-state index in [4.69, 9.17) is 4.74 Å². The Morgan fingerprint density at radius 2 is 1.46 bits per heavy atom. The third kappa shape index (κ3) is 5.33. The number of hydrogen-bond donors (Lipinski definition) is 3. The fourth-order valence-corrected chi connectivity index (χ4v) is 4.42. The first-order valence-corrected chi connectivity index (χ1v) is 11.3. The molecule has 3 aromatic rings. The monoisotopic (exact) mass is 474 g/mol. The predicted octanol–water partition coefficient (Wildman–Crippen LogP) is 3.17. The van der Waals surface area contributed by atoms with E-state index < -0.39 is 37.2 Å². The quantitative estimate of drug-likeness (QED) is 0.439. The summed E-state index contributed by atoms with van der Waals surface area (Å²) in [5.74, 6) is -2.02. The number of carboxylic acid groups (broad SMARTS) is 1. The van der Waals surface area contributed by atoms with Gasteiger partial charge in [0.1, 0.15) is 19.2 Å². The van der Waals surface area contributed by atoms with Gasteiger partial charge in [0.25, 0.3) is 5.91 Å². The number of ether oxygens (including phenoxy) is 1. The molecule has 0 aromatic heterocycles. The number of aliphatic carboxylic acids is 1. The number of benzene rings is 3. The van der Waals surface area contributed by atoms with Gasteiger partial charge in [0.2, 0.25) is 0 Å². The van der Waals surface area contributed by atoms with Crippen molar-refractivity contribution in [2.24, 2.45) is 0 Å². The lowest BCUT2D eigenvalue weighted by molar-refractivity contribution is -0.145. The summed E-state index contributed by atoms with van der Waals surface area (Å²) < 4.78 is 5.58. The third-order valence-electron chi connectivity index (χ3n) is 5.99.